The quantitative estimate of drug-likeness (QED) is 0.564. The first-order chi connectivity index (χ1) is 12.1. The third kappa shape index (κ3) is 5.80. The van der Waals surface area contributed by atoms with Gasteiger partial charge in [0.2, 0.25) is 0 Å². The summed E-state index contributed by atoms with van der Waals surface area (Å²) in [5, 5.41) is 4.56. The Labute approximate surface area is 152 Å². The highest BCUT2D eigenvalue weighted by Gasteiger charge is 2.06. The summed E-state index contributed by atoms with van der Waals surface area (Å²) in [5.41, 5.74) is 3.76. The van der Waals surface area contributed by atoms with E-state index >= 15 is 0 Å². The highest BCUT2D eigenvalue weighted by atomic mass is 35.5. The smallest absolute Gasteiger partial charge is 0.271 e. The Balaban J connectivity index is 2.03. The maximum Gasteiger partial charge on any atom is 0.271 e. The minimum atomic E-state index is -0.305. The molecule has 0 spiro atoms. The van der Waals surface area contributed by atoms with E-state index in [2.05, 4.69) is 10.5 Å². The Bertz CT molecular complexity index is 730. The van der Waals surface area contributed by atoms with Gasteiger partial charge in [-0.15, -0.1) is 0 Å². The lowest BCUT2D eigenvalue weighted by Crippen LogP contribution is -2.17. The molecule has 0 aliphatic carbocycles. The lowest BCUT2D eigenvalue weighted by Gasteiger charge is -2.11. The van der Waals surface area contributed by atoms with Crippen molar-refractivity contribution in [1.82, 2.24) is 5.43 Å². The second kappa shape index (κ2) is 9.69. The number of nitrogens with one attached hydrogen (secondary N) is 1. The van der Waals surface area contributed by atoms with Gasteiger partial charge in [0.1, 0.15) is 0 Å². The summed E-state index contributed by atoms with van der Waals surface area (Å²) in [6, 6.07) is 12.1. The summed E-state index contributed by atoms with van der Waals surface area (Å²) < 4.78 is 11.3. The van der Waals surface area contributed by atoms with Gasteiger partial charge in [0.15, 0.2) is 11.5 Å². The van der Waals surface area contributed by atoms with E-state index in [4.69, 9.17) is 21.1 Å². The fourth-order valence-corrected chi connectivity index (χ4v) is 2.16. The monoisotopic (exact) mass is 360 g/mol. The molecule has 0 aliphatic rings. The van der Waals surface area contributed by atoms with Crippen molar-refractivity contribution >= 4 is 23.7 Å². The summed E-state index contributed by atoms with van der Waals surface area (Å²) in [6.45, 7) is 5.13. The van der Waals surface area contributed by atoms with E-state index in [9.17, 15) is 4.79 Å². The molecule has 2 aromatic carbocycles. The van der Waals surface area contributed by atoms with Crippen molar-refractivity contribution in [1.29, 1.82) is 0 Å². The zero-order valence-corrected chi connectivity index (χ0v) is 15.0. The Morgan fingerprint density at radius 2 is 1.88 bits per heavy atom. The molecule has 25 heavy (non-hydrogen) atoms. The zero-order valence-electron chi connectivity index (χ0n) is 14.3. The van der Waals surface area contributed by atoms with Crippen molar-refractivity contribution in [3.63, 3.8) is 0 Å². The molecule has 0 fully saturated rings. The van der Waals surface area contributed by atoms with Crippen molar-refractivity contribution in [2.75, 3.05) is 13.2 Å². The predicted octanol–water partition coefficient (Wildman–Crippen LogP) is 4.29. The van der Waals surface area contributed by atoms with Gasteiger partial charge in [-0.25, -0.2) is 5.43 Å². The summed E-state index contributed by atoms with van der Waals surface area (Å²) in [5.74, 6) is 1.05. The second-order valence-corrected chi connectivity index (χ2v) is 5.63. The fraction of sp³-hybridized carbons (Fsp3) is 0.263. The maximum atomic E-state index is 12.0. The van der Waals surface area contributed by atoms with E-state index in [1.54, 1.807) is 30.5 Å². The SMILES string of the molecule is CCCOc1ccc(/C=N\NC(=O)c2ccc(Cl)cc2)cc1OCC. The molecular weight excluding hydrogens is 340 g/mol. The fourth-order valence-electron chi connectivity index (χ4n) is 2.04. The van der Waals surface area contributed by atoms with E-state index in [-0.39, 0.29) is 5.91 Å². The number of nitrogens with zero attached hydrogens (tertiary/aromatic N) is 1. The van der Waals surface area contributed by atoms with Gasteiger partial charge in [0.05, 0.1) is 19.4 Å². The molecule has 0 aliphatic heterocycles. The number of benzene rings is 2. The van der Waals surface area contributed by atoms with Crippen molar-refractivity contribution in [2.45, 2.75) is 20.3 Å². The molecule has 0 aromatic heterocycles. The molecule has 0 radical (unpaired) electrons. The normalized spacial score (nSPS) is 10.7. The Kier molecular flexibility index (Phi) is 7.29. The van der Waals surface area contributed by atoms with Gasteiger partial charge >= 0.3 is 0 Å². The Morgan fingerprint density at radius 1 is 1.12 bits per heavy atom. The number of rotatable bonds is 8. The first-order valence-electron chi connectivity index (χ1n) is 8.12. The van der Waals surface area contributed by atoms with Crippen LogP contribution in [-0.2, 0) is 0 Å². The third-order valence-corrected chi connectivity index (χ3v) is 3.47. The van der Waals surface area contributed by atoms with Crippen LogP contribution in [0.2, 0.25) is 5.02 Å². The van der Waals surface area contributed by atoms with Crippen molar-refractivity contribution < 1.29 is 14.3 Å². The van der Waals surface area contributed by atoms with Crippen molar-refractivity contribution in [3.8, 4) is 11.5 Å². The minimum absolute atomic E-state index is 0.305. The van der Waals surface area contributed by atoms with Gasteiger partial charge in [-0.05, 0) is 61.4 Å². The van der Waals surface area contributed by atoms with Gasteiger partial charge in [-0.3, -0.25) is 4.79 Å². The van der Waals surface area contributed by atoms with Crippen molar-refractivity contribution in [2.24, 2.45) is 5.10 Å². The number of carbonyl (C=O) groups is 1. The molecule has 0 unspecified atom stereocenters. The van der Waals surface area contributed by atoms with Gasteiger partial charge in [0, 0.05) is 10.6 Å². The average Bonchev–Trinajstić information content (AvgIpc) is 2.62. The molecule has 0 atom stereocenters. The molecule has 2 aromatic rings. The van der Waals surface area contributed by atoms with Crippen LogP contribution in [0.25, 0.3) is 0 Å². The van der Waals surface area contributed by atoms with Gasteiger partial charge in [-0.1, -0.05) is 18.5 Å². The largest absolute Gasteiger partial charge is 0.490 e. The summed E-state index contributed by atoms with van der Waals surface area (Å²) >= 11 is 5.80. The molecule has 132 valence electrons. The minimum Gasteiger partial charge on any atom is -0.490 e. The van der Waals surface area contributed by atoms with Gasteiger partial charge in [-0.2, -0.15) is 5.10 Å². The topological polar surface area (TPSA) is 59.9 Å². The van der Waals surface area contributed by atoms with Crippen LogP contribution >= 0.6 is 11.6 Å². The molecule has 0 saturated heterocycles. The number of amides is 1. The van der Waals surface area contributed by atoms with E-state index in [1.165, 1.54) is 0 Å². The third-order valence-electron chi connectivity index (χ3n) is 3.22. The molecule has 2 rings (SSSR count). The van der Waals surface area contributed by atoms with E-state index in [0.29, 0.717) is 35.3 Å². The molecule has 1 N–H and O–H groups in total. The van der Waals surface area contributed by atoms with Crippen LogP contribution in [0.1, 0.15) is 36.2 Å². The summed E-state index contributed by atoms with van der Waals surface area (Å²) in [7, 11) is 0. The van der Waals surface area contributed by atoms with Crippen molar-refractivity contribution in [3.05, 3.63) is 58.6 Å². The predicted molar refractivity (Wildman–Crippen MR) is 99.9 cm³/mol. The number of halogens is 1. The highest BCUT2D eigenvalue weighted by Crippen LogP contribution is 2.28. The van der Waals surface area contributed by atoms with Crippen LogP contribution in [0.5, 0.6) is 11.5 Å². The van der Waals surface area contributed by atoms with Crippen LogP contribution in [0.4, 0.5) is 0 Å². The Hall–Kier alpha value is -2.53. The molecule has 0 heterocycles. The van der Waals surface area contributed by atoms with Crippen LogP contribution in [0, 0.1) is 0 Å². The first-order valence-corrected chi connectivity index (χ1v) is 8.50. The average molecular weight is 361 g/mol. The second-order valence-electron chi connectivity index (χ2n) is 5.19. The Morgan fingerprint density at radius 3 is 2.56 bits per heavy atom. The molecule has 0 bridgehead atoms. The van der Waals surface area contributed by atoms with E-state index in [0.717, 1.165) is 12.0 Å². The standard InChI is InChI=1S/C19H21ClN2O3/c1-3-11-25-17-10-5-14(12-18(17)24-4-2)13-21-22-19(23)15-6-8-16(20)9-7-15/h5-10,12-13H,3-4,11H2,1-2H3,(H,22,23)/b21-13-. The number of carbonyl (C=O) groups excluding carboxylic acids is 1. The maximum absolute atomic E-state index is 12.0. The molecule has 6 heteroatoms. The van der Waals surface area contributed by atoms with Crippen LogP contribution in [0.3, 0.4) is 0 Å². The summed E-state index contributed by atoms with van der Waals surface area (Å²) in [4.78, 5) is 12.0. The summed E-state index contributed by atoms with van der Waals surface area (Å²) in [6.07, 6.45) is 2.48. The van der Waals surface area contributed by atoms with Crippen LogP contribution < -0.4 is 14.9 Å². The number of hydrazone groups is 1. The molecule has 5 nitrogen and oxygen atoms in total. The van der Waals surface area contributed by atoms with Crippen LogP contribution in [-0.4, -0.2) is 25.3 Å². The lowest BCUT2D eigenvalue weighted by molar-refractivity contribution is 0.0955. The number of hydrogen-bond donors (Lipinski definition) is 1. The van der Waals surface area contributed by atoms with Gasteiger partial charge in [0.25, 0.3) is 5.91 Å². The van der Waals surface area contributed by atoms with Gasteiger partial charge < -0.3 is 9.47 Å². The zero-order chi connectivity index (χ0) is 18.1. The molecular formula is C19H21ClN2O3. The van der Waals surface area contributed by atoms with E-state index in [1.807, 2.05) is 32.0 Å². The van der Waals surface area contributed by atoms with Crippen LogP contribution in [0.15, 0.2) is 47.6 Å². The first kappa shape index (κ1) is 18.8. The number of ether oxygens (including phenoxy) is 2. The molecule has 0 saturated carbocycles. The number of hydrogen-bond acceptors (Lipinski definition) is 4. The lowest BCUT2D eigenvalue weighted by atomic mass is 10.2. The highest BCUT2D eigenvalue weighted by molar-refractivity contribution is 6.30. The molecule has 1 amide bonds. The van der Waals surface area contributed by atoms with E-state index < -0.39 is 0 Å².